The second-order valence-electron chi connectivity index (χ2n) is 4.05. The Morgan fingerprint density at radius 1 is 1.20 bits per heavy atom. The topological polar surface area (TPSA) is 54.3 Å². The second-order valence-corrected chi connectivity index (χ2v) is 5.24. The summed E-state index contributed by atoms with van der Waals surface area (Å²) in [4.78, 5) is 11.7. The van der Waals surface area contributed by atoms with E-state index in [0.29, 0.717) is 16.3 Å². The number of halogens is 1. The molecule has 2 rings (SSSR count). The van der Waals surface area contributed by atoms with E-state index in [-0.39, 0.29) is 11.7 Å². The van der Waals surface area contributed by atoms with Crippen LogP contribution in [0.1, 0.15) is 16.1 Å². The number of furan rings is 1. The Labute approximate surface area is 130 Å². The summed E-state index contributed by atoms with van der Waals surface area (Å²) in [6.07, 6.45) is 0.836. The Hall–Kier alpha value is -1.66. The van der Waals surface area contributed by atoms with Crippen LogP contribution in [0.2, 0.25) is 0 Å². The van der Waals surface area contributed by atoms with Gasteiger partial charge in [0.05, 0.1) is 0 Å². The molecule has 1 heterocycles. The van der Waals surface area contributed by atoms with E-state index in [0.717, 1.165) is 6.42 Å². The molecular formula is C14H13BrN2O2S. The highest BCUT2D eigenvalue weighted by Gasteiger charge is 2.11. The van der Waals surface area contributed by atoms with Crippen molar-refractivity contribution >= 4 is 39.2 Å². The van der Waals surface area contributed by atoms with Crippen molar-refractivity contribution in [2.45, 2.75) is 6.42 Å². The predicted octanol–water partition coefficient (Wildman–Crippen LogP) is 2.89. The molecule has 2 aromatic rings. The zero-order chi connectivity index (χ0) is 14.4. The van der Waals surface area contributed by atoms with Gasteiger partial charge >= 0.3 is 0 Å². The second kappa shape index (κ2) is 7.21. The zero-order valence-electron chi connectivity index (χ0n) is 10.6. The van der Waals surface area contributed by atoms with Crippen molar-refractivity contribution in [3.8, 4) is 0 Å². The minimum Gasteiger partial charge on any atom is -0.444 e. The zero-order valence-corrected chi connectivity index (χ0v) is 13.0. The number of hydrogen-bond acceptors (Lipinski definition) is 3. The summed E-state index contributed by atoms with van der Waals surface area (Å²) in [5.74, 6) is -0.156. The monoisotopic (exact) mass is 352 g/mol. The van der Waals surface area contributed by atoms with Gasteiger partial charge in [0.1, 0.15) is 0 Å². The molecule has 0 unspecified atom stereocenters. The summed E-state index contributed by atoms with van der Waals surface area (Å²) in [6.45, 7) is 0.658. The molecule has 0 saturated carbocycles. The Balaban J connectivity index is 1.74. The molecule has 20 heavy (non-hydrogen) atoms. The molecule has 0 aliphatic carbocycles. The smallest absolute Gasteiger partial charge is 0.293 e. The third-order valence-corrected chi connectivity index (χ3v) is 3.24. The summed E-state index contributed by atoms with van der Waals surface area (Å²) in [6, 6.07) is 13.3. The lowest BCUT2D eigenvalue weighted by Crippen LogP contribution is -2.39. The third kappa shape index (κ3) is 4.47. The lowest BCUT2D eigenvalue weighted by Gasteiger charge is -2.08. The van der Waals surface area contributed by atoms with E-state index in [1.165, 1.54) is 5.56 Å². The quantitative estimate of drug-likeness (QED) is 0.830. The number of hydrogen-bond donors (Lipinski definition) is 2. The molecule has 0 bridgehead atoms. The van der Waals surface area contributed by atoms with Crippen molar-refractivity contribution in [3.63, 3.8) is 0 Å². The minimum absolute atomic E-state index is 0.212. The van der Waals surface area contributed by atoms with Crippen molar-refractivity contribution in [2.24, 2.45) is 0 Å². The predicted molar refractivity (Wildman–Crippen MR) is 84.6 cm³/mol. The maximum atomic E-state index is 11.7. The minimum atomic E-state index is -0.368. The average molecular weight is 353 g/mol. The van der Waals surface area contributed by atoms with Crippen molar-refractivity contribution in [1.29, 1.82) is 0 Å². The van der Waals surface area contributed by atoms with Crippen molar-refractivity contribution in [3.05, 3.63) is 58.5 Å². The maximum Gasteiger partial charge on any atom is 0.293 e. The van der Waals surface area contributed by atoms with E-state index in [4.69, 9.17) is 16.6 Å². The van der Waals surface area contributed by atoms with Crippen molar-refractivity contribution in [1.82, 2.24) is 10.6 Å². The number of amides is 1. The molecule has 1 amide bonds. The highest BCUT2D eigenvalue weighted by molar-refractivity contribution is 9.10. The van der Waals surface area contributed by atoms with E-state index in [1.807, 2.05) is 30.3 Å². The summed E-state index contributed by atoms with van der Waals surface area (Å²) in [5.41, 5.74) is 1.21. The van der Waals surface area contributed by atoms with Gasteiger partial charge in [-0.15, -0.1) is 0 Å². The molecule has 1 aromatic carbocycles. The highest BCUT2D eigenvalue weighted by atomic mass is 79.9. The van der Waals surface area contributed by atoms with Gasteiger partial charge in [0.2, 0.25) is 0 Å². The first-order valence-corrected chi connectivity index (χ1v) is 7.24. The number of thiocarbonyl (C=S) groups is 1. The van der Waals surface area contributed by atoms with Crippen molar-refractivity contribution < 1.29 is 9.21 Å². The van der Waals surface area contributed by atoms with Gasteiger partial charge in [0.15, 0.2) is 15.5 Å². The van der Waals surface area contributed by atoms with Crippen LogP contribution in [0.25, 0.3) is 0 Å². The lowest BCUT2D eigenvalue weighted by molar-refractivity contribution is 0.0948. The number of carbonyl (C=O) groups excluding carboxylic acids is 1. The molecule has 104 valence electrons. The van der Waals surface area contributed by atoms with Gasteiger partial charge in [-0.2, -0.15) is 0 Å². The van der Waals surface area contributed by atoms with Crippen molar-refractivity contribution in [2.75, 3.05) is 6.54 Å². The Kier molecular flexibility index (Phi) is 5.31. The van der Waals surface area contributed by atoms with Crippen LogP contribution in [-0.2, 0) is 6.42 Å². The molecule has 2 N–H and O–H groups in total. The average Bonchev–Trinajstić information content (AvgIpc) is 2.87. The van der Waals surface area contributed by atoms with E-state index >= 15 is 0 Å². The van der Waals surface area contributed by atoms with Gasteiger partial charge in [-0.05, 0) is 52.3 Å². The molecular weight excluding hydrogens is 340 g/mol. The van der Waals surface area contributed by atoms with Crippen LogP contribution < -0.4 is 10.6 Å². The van der Waals surface area contributed by atoms with Gasteiger partial charge < -0.3 is 9.73 Å². The molecule has 6 heteroatoms. The first-order chi connectivity index (χ1) is 9.65. The normalized spacial score (nSPS) is 10.1. The number of rotatable bonds is 4. The standard InChI is InChI=1S/C14H13BrN2O2S/c15-12-7-6-11(19-12)13(18)17-14(20)16-9-8-10-4-2-1-3-5-10/h1-7H,8-9H2,(H2,16,17,18,20). The lowest BCUT2D eigenvalue weighted by atomic mass is 10.1. The summed E-state index contributed by atoms with van der Waals surface area (Å²) >= 11 is 8.20. The van der Waals surface area contributed by atoms with Gasteiger partial charge in [-0.3, -0.25) is 10.1 Å². The fourth-order valence-corrected chi connectivity index (χ4v) is 2.11. The fraction of sp³-hybridized carbons (Fsp3) is 0.143. The van der Waals surface area contributed by atoms with Gasteiger partial charge in [0.25, 0.3) is 5.91 Å². The first kappa shape index (κ1) is 14.7. The third-order valence-electron chi connectivity index (χ3n) is 2.57. The molecule has 0 fully saturated rings. The van der Waals surface area contributed by atoms with Gasteiger partial charge in [-0.1, -0.05) is 30.3 Å². The molecule has 0 radical (unpaired) electrons. The van der Waals surface area contributed by atoms with Crippen LogP contribution >= 0.6 is 28.1 Å². The van der Waals surface area contributed by atoms with E-state index in [9.17, 15) is 4.79 Å². The maximum absolute atomic E-state index is 11.7. The number of benzene rings is 1. The molecule has 1 aromatic heterocycles. The molecule has 0 aliphatic heterocycles. The number of nitrogens with one attached hydrogen (secondary N) is 2. The molecule has 0 saturated heterocycles. The van der Waals surface area contributed by atoms with Crippen LogP contribution in [0.4, 0.5) is 0 Å². The Morgan fingerprint density at radius 2 is 1.95 bits per heavy atom. The Bertz CT molecular complexity index is 598. The summed E-state index contributed by atoms with van der Waals surface area (Å²) in [5, 5.41) is 5.84. The highest BCUT2D eigenvalue weighted by Crippen LogP contribution is 2.13. The van der Waals surface area contributed by atoms with Crippen LogP contribution in [-0.4, -0.2) is 17.6 Å². The molecule has 0 spiro atoms. The van der Waals surface area contributed by atoms with Crippen LogP contribution in [0, 0.1) is 0 Å². The molecule has 4 nitrogen and oxygen atoms in total. The summed E-state index contributed by atoms with van der Waals surface area (Å²) < 4.78 is 5.64. The Morgan fingerprint density at radius 3 is 2.60 bits per heavy atom. The van der Waals surface area contributed by atoms with Crippen LogP contribution in [0.3, 0.4) is 0 Å². The van der Waals surface area contributed by atoms with E-state index in [2.05, 4.69) is 26.6 Å². The van der Waals surface area contributed by atoms with Gasteiger partial charge in [0, 0.05) is 6.54 Å². The molecule has 0 atom stereocenters. The number of carbonyl (C=O) groups is 1. The van der Waals surface area contributed by atoms with E-state index in [1.54, 1.807) is 12.1 Å². The van der Waals surface area contributed by atoms with Gasteiger partial charge in [-0.25, -0.2) is 0 Å². The first-order valence-electron chi connectivity index (χ1n) is 6.03. The SMILES string of the molecule is O=C(NC(=S)NCCc1ccccc1)c1ccc(Br)o1. The van der Waals surface area contributed by atoms with E-state index < -0.39 is 0 Å². The fourth-order valence-electron chi connectivity index (χ4n) is 1.61. The summed E-state index contributed by atoms with van der Waals surface area (Å²) in [7, 11) is 0. The molecule has 0 aliphatic rings. The van der Waals surface area contributed by atoms with Crippen LogP contribution in [0.5, 0.6) is 0 Å². The largest absolute Gasteiger partial charge is 0.444 e. The van der Waals surface area contributed by atoms with Crippen LogP contribution in [0.15, 0.2) is 51.6 Å².